The monoisotopic (exact) mass is 313 g/mol. The third kappa shape index (κ3) is 3.65. The third-order valence-corrected chi connectivity index (χ3v) is 3.99. The van der Waals surface area contributed by atoms with E-state index >= 15 is 0 Å². The zero-order valence-electron chi connectivity index (χ0n) is 11.1. The van der Waals surface area contributed by atoms with Crippen LogP contribution in [0, 0.1) is 0 Å². The summed E-state index contributed by atoms with van der Waals surface area (Å²) in [5.74, 6) is 0.305. The molecule has 1 aromatic heterocycles. The van der Waals surface area contributed by atoms with Crippen molar-refractivity contribution in [1.82, 2.24) is 9.55 Å². The predicted octanol–water partition coefficient (Wildman–Crippen LogP) is 2.30. The van der Waals surface area contributed by atoms with Gasteiger partial charge in [0.05, 0.1) is 17.6 Å². The van der Waals surface area contributed by atoms with Gasteiger partial charge >= 0.3 is 0 Å². The second kappa shape index (κ2) is 6.97. The molecule has 0 unspecified atom stereocenters. The molecular weight excluding hydrogens is 298 g/mol. The Morgan fingerprint density at radius 1 is 1.55 bits per heavy atom. The first-order valence-electron chi connectivity index (χ1n) is 6.17. The van der Waals surface area contributed by atoms with Gasteiger partial charge in [0.1, 0.15) is 0 Å². The van der Waals surface area contributed by atoms with E-state index in [1.54, 1.807) is 7.11 Å². The summed E-state index contributed by atoms with van der Waals surface area (Å²) in [7, 11) is 1.66. The van der Waals surface area contributed by atoms with Gasteiger partial charge in [0.15, 0.2) is 5.16 Å². The van der Waals surface area contributed by atoms with E-state index < -0.39 is 0 Å². The van der Waals surface area contributed by atoms with Gasteiger partial charge in [-0.3, -0.25) is 4.79 Å². The Kier molecular flexibility index (Phi) is 5.28. The summed E-state index contributed by atoms with van der Waals surface area (Å²) in [5.41, 5.74) is 7.00. The molecule has 0 radical (unpaired) electrons. The van der Waals surface area contributed by atoms with E-state index in [0.717, 1.165) is 16.2 Å². The predicted molar refractivity (Wildman–Crippen MR) is 81.2 cm³/mol. The standard InChI is InChI=1S/C13H16ClN3O2S/c1-19-6-5-17-11-3-2-9(14)8-10(11)16-13(17)20-7-4-12(15)18/h2-3,8H,4-7H2,1H3,(H2,15,18). The Morgan fingerprint density at radius 2 is 2.35 bits per heavy atom. The molecule has 20 heavy (non-hydrogen) atoms. The van der Waals surface area contributed by atoms with Crippen LogP contribution in [0.1, 0.15) is 6.42 Å². The number of fused-ring (bicyclic) bond motifs is 1. The first kappa shape index (κ1) is 15.2. The smallest absolute Gasteiger partial charge is 0.218 e. The number of nitrogens with zero attached hydrogens (tertiary/aromatic N) is 2. The average molecular weight is 314 g/mol. The quantitative estimate of drug-likeness (QED) is 0.796. The molecule has 1 amide bonds. The summed E-state index contributed by atoms with van der Waals surface area (Å²) in [4.78, 5) is 15.4. The highest BCUT2D eigenvalue weighted by atomic mass is 35.5. The molecule has 0 bridgehead atoms. The van der Waals surface area contributed by atoms with Crippen molar-refractivity contribution in [3.63, 3.8) is 0 Å². The lowest BCUT2D eigenvalue weighted by atomic mass is 10.3. The van der Waals surface area contributed by atoms with Gasteiger partial charge in [0.25, 0.3) is 0 Å². The number of carbonyl (C=O) groups excluding carboxylic acids is 1. The fourth-order valence-corrected chi connectivity index (χ4v) is 2.99. The molecule has 0 aliphatic heterocycles. The molecule has 0 spiro atoms. The third-order valence-electron chi connectivity index (χ3n) is 2.77. The molecule has 1 heterocycles. The molecule has 0 saturated heterocycles. The summed E-state index contributed by atoms with van der Waals surface area (Å²) in [6, 6.07) is 5.61. The first-order valence-corrected chi connectivity index (χ1v) is 7.54. The number of thioether (sulfide) groups is 1. The van der Waals surface area contributed by atoms with Crippen LogP contribution in [0.4, 0.5) is 0 Å². The number of ether oxygens (including phenoxy) is 1. The number of nitrogens with two attached hydrogens (primary N) is 1. The highest BCUT2D eigenvalue weighted by molar-refractivity contribution is 7.99. The number of hydrogen-bond donors (Lipinski definition) is 1. The molecular formula is C13H16ClN3O2S. The zero-order chi connectivity index (χ0) is 14.5. The maximum atomic E-state index is 10.8. The van der Waals surface area contributed by atoms with Crippen molar-refractivity contribution in [3.05, 3.63) is 23.2 Å². The van der Waals surface area contributed by atoms with E-state index in [1.807, 2.05) is 18.2 Å². The molecule has 7 heteroatoms. The van der Waals surface area contributed by atoms with Crippen LogP contribution in [0.25, 0.3) is 11.0 Å². The average Bonchev–Trinajstić information content (AvgIpc) is 2.72. The fraction of sp³-hybridized carbons (Fsp3) is 0.385. The Bertz CT molecular complexity index is 615. The molecule has 0 atom stereocenters. The molecule has 2 rings (SSSR count). The highest BCUT2D eigenvalue weighted by Crippen LogP contribution is 2.26. The largest absolute Gasteiger partial charge is 0.383 e. The van der Waals surface area contributed by atoms with Crippen molar-refractivity contribution in [2.45, 2.75) is 18.1 Å². The number of methoxy groups -OCH3 is 1. The van der Waals surface area contributed by atoms with E-state index in [9.17, 15) is 4.79 Å². The van der Waals surface area contributed by atoms with Gasteiger partial charge in [-0.1, -0.05) is 23.4 Å². The van der Waals surface area contributed by atoms with E-state index in [1.165, 1.54) is 11.8 Å². The number of carbonyl (C=O) groups is 1. The molecule has 0 aliphatic carbocycles. The fourth-order valence-electron chi connectivity index (χ4n) is 1.83. The SMILES string of the molecule is COCCn1c(SCCC(N)=O)nc2cc(Cl)ccc21. The maximum absolute atomic E-state index is 10.8. The zero-order valence-corrected chi connectivity index (χ0v) is 12.7. The number of imidazole rings is 1. The van der Waals surface area contributed by atoms with E-state index in [0.29, 0.717) is 30.3 Å². The lowest BCUT2D eigenvalue weighted by Gasteiger charge is -2.07. The minimum Gasteiger partial charge on any atom is -0.383 e. The lowest BCUT2D eigenvalue weighted by Crippen LogP contribution is -2.11. The van der Waals surface area contributed by atoms with Gasteiger partial charge in [-0.2, -0.15) is 0 Å². The topological polar surface area (TPSA) is 70.1 Å². The summed E-state index contributed by atoms with van der Waals surface area (Å²) in [6.07, 6.45) is 0.332. The van der Waals surface area contributed by atoms with Gasteiger partial charge in [0.2, 0.25) is 5.91 Å². The van der Waals surface area contributed by atoms with Crippen molar-refractivity contribution in [1.29, 1.82) is 0 Å². The van der Waals surface area contributed by atoms with Gasteiger partial charge < -0.3 is 15.0 Å². The number of halogens is 1. The van der Waals surface area contributed by atoms with Crippen LogP contribution < -0.4 is 5.73 Å². The summed E-state index contributed by atoms with van der Waals surface area (Å²) in [5, 5.41) is 1.50. The van der Waals surface area contributed by atoms with E-state index in [4.69, 9.17) is 22.1 Å². The summed E-state index contributed by atoms with van der Waals surface area (Å²) in [6.45, 7) is 1.30. The van der Waals surface area contributed by atoms with E-state index in [2.05, 4.69) is 9.55 Å². The molecule has 5 nitrogen and oxygen atoms in total. The molecule has 2 aromatic rings. The summed E-state index contributed by atoms with van der Waals surface area (Å²) < 4.78 is 7.20. The molecule has 108 valence electrons. The highest BCUT2D eigenvalue weighted by Gasteiger charge is 2.11. The van der Waals surface area contributed by atoms with Gasteiger partial charge in [-0.05, 0) is 18.2 Å². The number of amides is 1. The van der Waals surface area contributed by atoms with Crippen molar-refractivity contribution in [2.75, 3.05) is 19.5 Å². The first-order chi connectivity index (χ1) is 9.61. The lowest BCUT2D eigenvalue weighted by molar-refractivity contribution is -0.117. The molecule has 2 N–H and O–H groups in total. The number of aromatic nitrogens is 2. The van der Waals surface area contributed by atoms with Gasteiger partial charge in [0, 0.05) is 30.9 Å². The van der Waals surface area contributed by atoms with Crippen LogP contribution >= 0.6 is 23.4 Å². The van der Waals surface area contributed by atoms with Crippen LogP contribution in [0.15, 0.2) is 23.4 Å². The number of benzene rings is 1. The number of primary amides is 1. The normalized spacial score (nSPS) is 11.1. The minimum absolute atomic E-state index is 0.305. The Labute approximate surface area is 126 Å². The van der Waals surface area contributed by atoms with Gasteiger partial charge in [-0.15, -0.1) is 0 Å². The Balaban J connectivity index is 2.27. The van der Waals surface area contributed by atoms with Crippen molar-refractivity contribution >= 4 is 40.3 Å². The molecule has 0 fully saturated rings. The van der Waals surface area contributed by atoms with Crippen molar-refractivity contribution in [2.24, 2.45) is 5.73 Å². The van der Waals surface area contributed by atoms with Crippen LogP contribution in [0.2, 0.25) is 5.02 Å². The summed E-state index contributed by atoms with van der Waals surface area (Å²) >= 11 is 7.50. The molecule has 0 saturated carbocycles. The minimum atomic E-state index is -0.305. The van der Waals surface area contributed by atoms with Crippen molar-refractivity contribution in [3.8, 4) is 0 Å². The van der Waals surface area contributed by atoms with E-state index in [-0.39, 0.29) is 5.91 Å². The van der Waals surface area contributed by atoms with Crippen LogP contribution in [-0.2, 0) is 16.1 Å². The maximum Gasteiger partial charge on any atom is 0.218 e. The van der Waals surface area contributed by atoms with Crippen LogP contribution in [-0.4, -0.2) is 34.9 Å². The second-order valence-electron chi connectivity index (χ2n) is 4.24. The number of rotatable bonds is 7. The second-order valence-corrected chi connectivity index (χ2v) is 5.74. The molecule has 0 aliphatic rings. The van der Waals surface area contributed by atoms with Crippen molar-refractivity contribution < 1.29 is 9.53 Å². The van der Waals surface area contributed by atoms with Gasteiger partial charge in [-0.25, -0.2) is 4.98 Å². The van der Waals surface area contributed by atoms with Crippen LogP contribution in [0.5, 0.6) is 0 Å². The van der Waals surface area contributed by atoms with Crippen LogP contribution in [0.3, 0.4) is 0 Å². The number of hydrogen-bond acceptors (Lipinski definition) is 4. The Hall–Kier alpha value is -1.24. The Morgan fingerprint density at radius 3 is 3.05 bits per heavy atom. The molecule has 1 aromatic carbocycles.